The number of hydrogen-bond donors (Lipinski definition) is 1. The number of carbonyl (C=O) groups is 1. The van der Waals surface area contributed by atoms with Crippen molar-refractivity contribution in [2.45, 2.75) is 6.92 Å². The topological polar surface area (TPSA) is 64.1 Å². The van der Waals surface area contributed by atoms with Gasteiger partial charge in [-0.2, -0.15) is 0 Å². The molecule has 7 heteroatoms. The van der Waals surface area contributed by atoms with Crippen LogP contribution in [0.5, 0.6) is 11.6 Å². The first kappa shape index (κ1) is 15.5. The van der Waals surface area contributed by atoms with Crippen molar-refractivity contribution in [1.82, 2.24) is 9.97 Å². The van der Waals surface area contributed by atoms with Gasteiger partial charge >= 0.3 is 0 Å². The van der Waals surface area contributed by atoms with Crippen LogP contribution >= 0.6 is 22.9 Å². The maximum Gasteiger partial charge on any atom is 0.275 e. The first-order valence-corrected chi connectivity index (χ1v) is 7.99. The van der Waals surface area contributed by atoms with E-state index in [-0.39, 0.29) is 5.91 Å². The monoisotopic (exact) mass is 345 g/mol. The van der Waals surface area contributed by atoms with Crippen LogP contribution in [-0.2, 0) is 0 Å². The standard InChI is InChI=1S/C16H12ClN3O2S/c1-10-19-13(9-23-10)16(21)20-11-6-7-18-15(8-11)22-14-5-3-2-4-12(14)17/h2-9H,1H3,(H,18,20,21). The molecular weight excluding hydrogens is 334 g/mol. The van der Waals surface area contributed by atoms with Crippen molar-refractivity contribution in [3.8, 4) is 11.6 Å². The van der Waals surface area contributed by atoms with E-state index in [4.69, 9.17) is 16.3 Å². The first-order valence-electron chi connectivity index (χ1n) is 6.74. The molecule has 0 aliphatic rings. The van der Waals surface area contributed by atoms with Crippen LogP contribution in [0.15, 0.2) is 48.0 Å². The minimum Gasteiger partial charge on any atom is -0.437 e. The fraction of sp³-hybridized carbons (Fsp3) is 0.0625. The van der Waals surface area contributed by atoms with Gasteiger partial charge in [-0.25, -0.2) is 9.97 Å². The van der Waals surface area contributed by atoms with Gasteiger partial charge in [-0.15, -0.1) is 11.3 Å². The number of amides is 1. The summed E-state index contributed by atoms with van der Waals surface area (Å²) < 4.78 is 5.63. The van der Waals surface area contributed by atoms with E-state index in [1.165, 1.54) is 11.3 Å². The average molecular weight is 346 g/mol. The Balaban J connectivity index is 1.75. The molecule has 3 rings (SSSR count). The lowest BCUT2D eigenvalue weighted by atomic mass is 10.3. The van der Waals surface area contributed by atoms with Crippen LogP contribution in [0.1, 0.15) is 15.5 Å². The minimum absolute atomic E-state index is 0.274. The lowest BCUT2D eigenvalue weighted by Gasteiger charge is -2.08. The number of aromatic nitrogens is 2. The number of aryl methyl sites for hydroxylation is 1. The highest BCUT2D eigenvalue weighted by Gasteiger charge is 2.11. The molecule has 0 unspecified atom stereocenters. The summed E-state index contributed by atoms with van der Waals surface area (Å²) in [5.41, 5.74) is 0.954. The summed E-state index contributed by atoms with van der Waals surface area (Å²) in [4.78, 5) is 20.4. The summed E-state index contributed by atoms with van der Waals surface area (Å²) in [7, 11) is 0. The lowest BCUT2D eigenvalue weighted by molar-refractivity contribution is 0.102. The van der Waals surface area contributed by atoms with E-state index >= 15 is 0 Å². The molecule has 5 nitrogen and oxygen atoms in total. The molecule has 0 saturated carbocycles. The number of carbonyl (C=O) groups excluding carboxylic acids is 1. The summed E-state index contributed by atoms with van der Waals surface area (Å²) in [5.74, 6) is 0.565. The Hall–Kier alpha value is -2.44. The number of para-hydroxylation sites is 1. The summed E-state index contributed by atoms with van der Waals surface area (Å²) in [6.07, 6.45) is 1.55. The molecule has 0 radical (unpaired) electrons. The molecule has 116 valence electrons. The van der Waals surface area contributed by atoms with Crippen LogP contribution in [0.2, 0.25) is 5.02 Å². The van der Waals surface area contributed by atoms with Gasteiger partial charge in [0, 0.05) is 23.3 Å². The molecule has 2 heterocycles. The van der Waals surface area contributed by atoms with E-state index in [9.17, 15) is 4.79 Å². The molecule has 0 saturated heterocycles. The molecule has 0 bridgehead atoms. The van der Waals surface area contributed by atoms with E-state index in [1.807, 2.05) is 19.1 Å². The van der Waals surface area contributed by atoms with Gasteiger partial charge in [0.1, 0.15) is 11.4 Å². The Morgan fingerprint density at radius 2 is 2.13 bits per heavy atom. The largest absolute Gasteiger partial charge is 0.437 e. The van der Waals surface area contributed by atoms with Crippen LogP contribution in [-0.4, -0.2) is 15.9 Å². The second-order valence-electron chi connectivity index (χ2n) is 4.62. The van der Waals surface area contributed by atoms with Crippen molar-refractivity contribution in [3.63, 3.8) is 0 Å². The predicted octanol–water partition coefficient (Wildman–Crippen LogP) is 4.54. The molecule has 1 N–H and O–H groups in total. The molecular formula is C16H12ClN3O2S. The Labute approximate surface area is 141 Å². The van der Waals surface area contributed by atoms with Crippen molar-refractivity contribution < 1.29 is 9.53 Å². The molecule has 0 fully saturated rings. The normalized spacial score (nSPS) is 10.3. The van der Waals surface area contributed by atoms with Gasteiger partial charge in [-0.3, -0.25) is 4.79 Å². The Morgan fingerprint density at radius 3 is 2.87 bits per heavy atom. The quantitative estimate of drug-likeness (QED) is 0.753. The molecule has 0 aliphatic heterocycles. The smallest absolute Gasteiger partial charge is 0.275 e. The minimum atomic E-state index is -0.274. The third kappa shape index (κ3) is 3.85. The van der Waals surface area contributed by atoms with Gasteiger partial charge in [0.15, 0.2) is 0 Å². The zero-order valence-electron chi connectivity index (χ0n) is 12.1. The number of pyridine rings is 1. The number of nitrogens with one attached hydrogen (secondary N) is 1. The third-order valence-electron chi connectivity index (χ3n) is 2.90. The molecule has 0 aliphatic carbocycles. The van der Waals surface area contributed by atoms with Gasteiger partial charge < -0.3 is 10.1 Å². The number of benzene rings is 1. The summed E-state index contributed by atoms with van der Waals surface area (Å²) >= 11 is 7.48. The van der Waals surface area contributed by atoms with E-state index < -0.39 is 0 Å². The van der Waals surface area contributed by atoms with Crippen molar-refractivity contribution >= 4 is 34.5 Å². The fourth-order valence-corrected chi connectivity index (χ4v) is 2.61. The van der Waals surface area contributed by atoms with Crippen LogP contribution in [0.4, 0.5) is 5.69 Å². The zero-order chi connectivity index (χ0) is 16.2. The van der Waals surface area contributed by atoms with Gasteiger partial charge in [0.2, 0.25) is 5.88 Å². The maximum absolute atomic E-state index is 12.1. The predicted molar refractivity (Wildman–Crippen MR) is 90.6 cm³/mol. The molecule has 2 aromatic heterocycles. The number of halogens is 1. The van der Waals surface area contributed by atoms with Gasteiger partial charge in [0.05, 0.1) is 10.0 Å². The van der Waals surface area contributed by atoms with E-state index in [0.29, 0.717) is 28.0 Å². The summed E-state index contributed by atoms with van der Waals surface area (Å²) in [5, 5.41) is 5.81. The van der Waals surface area contributed by atoms with E-state index in [0.717, 1.165) is 5.01 Å². The van der Waals surface area contributed by atoms with Crippen LogP contribution in [0.3, 0.4) is 0 Å². The van der Waals surface area contributed by atoms with E-state index in [2.05, 4.69) is 15.3 Å². The van der Waals surface area contributed by atoms with Gasteiger partial charge in [0.25, 0.3) is 5.91 Å². The summed E-state index contributed by atoms with van der Waals surface area (Å²) in [6, 6.07) is 10.4. The van der Waals surface area contributed by atoms with Crippen molar-refractivity contribution in [2.75, 3.05) is 5.32 Å². The maximum atomic E-state index is 12.1. The van der Waals surface area contributed by atoms with Gasteiger partial charge in [-0.05, 0) is 25.1 Å². The number of ether oxygens (including phenoxy) is 1. The summed E-state index contributed by atoms with van der Waals surface area (Å²) in [6.45, 7) is 1.85. The molecule has 0 spiro atoms. The number of thiazole rings is 1. The third-order valence-corrected chi connectivity index (χ3v) is 3.98. The van der Waals surface area contributed by atoms with Gasteiger partial charge in [-0.1, -0.05) is 23.7 Å². The van der Waals surface area contributed by atoms with Crippen molar-refractivity contribution in [1.29, 1.82) is 0 Å². The Bertz CT molecular complexity index is 851. The fourth-order valence-electron chi connectivity index (χ4n) is 1.85. The Kier molecular flexibility index (Phi) is 4.55. The first-order chi connectivity index (χ1) is 11.1. The highest BCUT2D eigenvalue weighted by molar-refractivity contribution is 7.09. The number of anilines is 1. The zero-order valence-corrected chi connectivity index (χ0v) is 13.7. The Morgan fingerprint density at radius 1 is 1.30 bits per heavy atom. The van der Waals surface area contributed by atoms with E-state index in [1.54, 1.807) is 35.8 Å². The van der Waals surface area contributed by atoms with Crippen molar-refractivity contribution in [3.05, 3.63) is 63.7 Å². The molecule has 1 aromatic carbocycles. The number of nitrogens with zero attached hydrogens (tertiary/aromatic N) is 2. The molecule has 3 aromatic rings. The van der Waals surface area contributed by atoms with Crippen LogP contribution in [0, 0.1) is 6.92 Å². The number of hydrogen-bond acceptors (Lipinski definition) is 5. The second-order valence-corrected chi connectivity index (χ2v) is 6.09. The SMILES string of the molecule is Cc1nc(C(=O)Nc2ccnc(Oc3ccccc3Cl)c2)cs1. The molecule has 1 amide bonds. The van der Waals surface area contributed by atoms with Crippen molar-refractivity contribution in [2.24, 2.45) is 0 Å². The van der Waals surface area contributed by atoms with Crippen LogP contribution in [0.25, 0.3) is 0 Å². The highest BCUT2D eigenvalue weighted by Crippen LogP contribution is 2.28. The van der Waals surface area contributed by atoms with Crippen LogP contribution < -0.4 is 10.1 Å². The highest BCUT2D eigenvalue weighted by atomic mass is 35.5. The average Bonchev–Trinajstić information content (AvgIpc) is 2.97. The lowest BCUT2D eigenvalue weighted by Crippen LogP contribution is -2.12. The molecule has 23 heavy (non-hydrogen) atoms. The molecule has 0 atom stereocenters. The number of rotatable bonds is 4. The second kappa shape index (κ2) is 6.76.